The number of phenols is 1. The lowest BCUT2D eigenvalue weighted by atomic mass is 9.95. The number of para-hydroxylation sites is 1. The number of nitrogens with one attached hydrogen (secondary N) is 1. The van der Waals surface area contributed by atoms with Crippen LogP contribution >= 0.6 is 24.0 Å². The van der Waals surface area contributed by atoms with Gasteiger partial charge in [-0.15, -0.1) is 12.4 Å². The molecule has 4 aromatic rings. The minimum absolute atomic E-state index is 0. The Morgan fingerprint density at radius 3 is 2.35 bits per heavy atom. The quantitative estimate of drug-likeness (QED) is 0.423. The summed E-state index contributed by atoms with van der Waals surface area (Å²) >= 11 is 6.11. The van der Waals surface area contributed by atoms with Crippen molar-refractivity contribution in [1.82, 2.24) is 15.1 Å². The number of hydrogen-bond donors (Lipinski definition) is 2. The van der Waals surface area contributed by atoms with Crippen LogP contribution in [0.5, 0.6) is 5.75 Å². The molecule has 156 valence electrons. The first-order chi connectivity index (χ1) is 14.6. The van der Waals surface area contributed by atoms with Crippen molar-refractivity contribution in [3.05, 3.63) is 106 Å². The standard InChI is InChI=1S/C24H18ClN3O2.ClH/c25-17-12-10-16(11-13-17)23-20-21(18-8-4-5-9-19(18)29)26-27-22(20)24(30)28(23)14-15-6-2-1-3-7-15;/h1-13,23,29H,14H2,(H,26,27);1H. The highest BCUT2D eigenvalue weighted by atomic mass is 35.5. The maximum atomic E-state index is 13.3. The minimum Gasteiger partial charge on any atom is -0.507 e. The van der Waals surface area contributed by atoms with Crippen LogP contribution in [0.25, 0.3) is 11.3 Å². The summed E-state index contributed by atoms with van der Waals surface area (Å²) in [5.41, 5.74) is 4.34. The van der Waals surface area contributed by atoms with E-state index in [-0.39, 0.29) is 30.1 Å². The number of amides is 1. The number of carbonyl (C=O) groups excluding carboxylic acids is 1. The van der Waals surface area contributed by atoms with E-state index in [1.54, 1.807) is 18.2 Å². The highest BCUT2D eigenvalue weighted by molar-refractivity contribution is 6.30. The Labute approximate surface area is 190 Å². The van der Waals surface area contributed by atoms with Gasteiger partial charge in [0.15, 0.2) is 0 Å². The summed E-state index contributed by atoms with van der Waals surface area (Å²) in [4.78, 5) is 15.2. The monoisotopic (exact) mass is 451 g/mol. The molecule has 2 N–H and O–H groups in total. The number of hydrogen-bond acceptors (Lipinski definition) is 3. The zero-order valence-corrected chi connectivity index (χ0v) is 17.9. The second-order valence-corrected chi connectivity index (χ2v) is 7.69. The van der Waals surface area contributed by atoms with Crippen LogP contribution < -0.4 is 0 Å². The van der Waals surface area contributed by atoms with Gasteiger partial charge in [0.1, 0.15) is 17.1 Å². The number of rotatable bonds is 4. The molecule has 0 saturated heterocycles. The van der Waals surface area contributed by atoms with Gasteiger partial charge in [-0.3, -0.25) is 9.89 Å². The lowest BCUT2D eigenvalue weighted by Gasteiger charge is -2.26. The van der Waals surface area contributed by atoms with Gasteiger partial charge in [0.2, 0.25) is 0 Å². The third kappa shape index (κ3) is 3.67. The normalized spacial score (nSPS) is 14.9. The van der Waals surface area contributed by atoms with E-state index in [4.69, 9.17) is 11.6 Å². The summed E-state index contributed by atoms with van der Waals surface area (Å²) < 4.78 is 0. The highest BCUT2D eigenvalue weighted by Gasteiger charge is 2.42. The van der Waals surface area contributed by atoms with Crippen LogP contribution in [0, 0.1) is 0 Å². The van der Waals surface area contributed by atoms with E-state index in [0.717, 1.165) is 16.7 Å². The molecule has 31 heavy (non-hydrogen) atoms. The molecule has 7 heteroatoms. The van der Waals surface area contributed by atoms with Crippen LogP contribution in [0.3, 0.4) is 0 Å². The summed E-state index contributed by atoms with van der Waals surface area (Å²) in [6.07, 6.45) is 0. The van der Waals surface area contributed by atoms with Crippen molar-refractivity contribution in [2.75, 3.05) is 0 Å². The maximum absolute atomic E-state index is 13.3. The van der Waals surface area contributed by atoms with Gasteiger partial charge >= 0.3 is 0 Å². The van der Waals surface area contributed by atoms with Gasteiger partial charge in [0.25, 0.3) is 5.91 Å². The molecule has 1 unspecified atom stereocenters. The first kappa shape index (κ1) is 21.0. The first-order valence-electron chi connectivity index (χ1n) is 9.60. The molecule has 0 spiro atoms. The van der Waals surface area contributed by atoms with Gasteiger partial charge in [-0.1, -0.05) is 66.2 Å². The van der Waals surface area contributed by atoms with Gasteiger partial charge in [-0.2, -0.15) is 5.10 Å². The van der Waals surface area contributed by atoms with Crippen molar-refractivity contribution in [3.8, 4) is 17.0 Å². The zero-order valence-electron chi connectivity index (χ0n) is 16.3. The first-order valence-corrected chi connectivity index (χ1v) is 9.98. The number of fused-ring (bicyclic) bond motifs is 1. The molecule has 0 bridgehead atoms. The smallest absolute Gasteiger partial charge is 0.273 e. The number of aromatic hydroxyl groups is 1. The van der Waals surface area contributed by atoms with Crippen molar-refractivity contribution < 1.29 is 9.90 Å². The van der Waals surface area contributed by atoms with Crippen LogP contribution in [0.2, 0.25) is 5.02 Å². The van der Waals surface area contributed by atoms with Crippen molar-refractivity contribution >= 4 is 29.9 Å². The topological polar surface area (TPSA) is 69.2 Å². The van der Waals surface area contributed by atoms with Crippen LogP contribution in [0.4, 0.5) is 0 Å². The van der Waals surface area contributed by atoms with E-state index < -0.39 is 0 Å². The Balaban J connectivity index is 0.00000231. The molecule has 0 aliphatic carbocycles. The second kappa shape index (κ2) is 8.46. The molecule has 3 aromatic carbocycles. The van der Waals surface area contributed by atoms with E-state index in [9.17, 15) is 9.90 Å². The van der Waals surface area contributed by atoms with Crippen LogP contribution in [0.1, 0.15) is 33.2 Å². The fraction of sp³-hybridized carbons (Fsp3) is 0.0833. The van der Waals surface area contributed by atoms with Crippen molar-refractivity contribution in [2.24, 2.45) is 0 Å². The molecule has 1 aliphatic rings. The largest absolute Gasteiger partial charge is 0.507 e. The van der Waals surface area contributed by atoms with Crippen LogP contribution in [-0.4, -0.2) is 26.1 Å². The van der Waals surface area contributed by atoms with Gasteiger partial charge in [0, 0.05) is 22.7 Å². The van der Waals surface area contributed by atoms with Crippen LogP contribution in [-0.2, 0) is 6.54 Å². The molecule has 1 aromatic heterocycles. The van der Waals surface area contributed by atoms with Gasteiger partial charge in [-0.05, 0) is 35.4 Å². The number of aromatic nitrogens is 2. The summed E-state index contributed by atoms with van der Waals surface area (Å²) in [7, 11) is 0. The van der Waals surface area contributed by atoms with Gasteiger partial charge in [0.05, 0.1) is 6.04 Å². The Hall–Kier alpha value is -3.28. The van der Waals surface area contributed by atoms with Gasteiger partial charge < -0.3 is 10.0 Å². The van der Waals surface area contributed by atoms with E-state index in [1.807, 2.05) is 65.6 Å². The van der Waals surface area contributed by atoms with E-state index >= 15 is 0 Å². The molecular formula is C24H19Cl2N3O2. The lowest BCUT2D eigenvalue weighted by molar-refractivity contribution is 0.0730. The summed E-state index contributed by atoms with van der Waals surface area (Å²) in [6.45, 7) is 0.454. The number of aromatic amines is 1. The molecule has 5 nitrogen and oxygen atoms in total. The number of phenolic OH excluding ortho intramolecular Hbond substituents is 1. The average Bonchev–Trinajstić information content (AvgIpc) is 3.30. The molecule has 1 aliphatic heterocycles. The van der Waals surface area contributed by atoms with Crippen molar-refractivity contribution in [2.45, 2.75) is 12.6 Å². The maximum Gasteiger partial charge on any atom is 0.273 e. The molecular weight excluding hydrogens is 433 g/mol. The number of benzene rings is 3. The molecule has 5 rings (SSSR count). The second-order valence-electron chi connectivity index (χ2n) is 7.25. The number of nitrogens with zero attached hydrogens (tertiary/aromatic N) is 2. The third-order valence-electron chi connectivity index (χ3n) is 5.40. The minimum atomic E-state index is -0.349. The fourth-order valence-corrected chi connectivity index (χ4v) is 4.14. The molecule has 0 radical (unpaired) electrons. The summed E-state index contributed by atoms with van der Waals surface area (Å²) in [5, 5.41) is 18.3. The van der Waals surface area contributed by atoms with Gasteiger partial charge in [-0.25, -0.2) is 0 Å². The van der Waals surface area contributed by atoms with Crippen molar-refractivity contribution in [1.29, 1.82) is 0 Å². The predicted octanol–water partition coefficient (Wildman–Crippen LogP) is 5.60. The number of H-pyrrole nitrogens is 1. The summed E-state index contributed by atoms with van der Waals surface area (Å²) in [5.74, 6) is -0.00131. The average molecular weight is 452 g/mol. The Kier molecular flexibility index (Phi) is 5.72. The predicted molar refractivity (Wildman–Crippen MR) is 123 cm³/mol. The lowest BCUT2D eigenvalue weighted by Crippen LogP contribution is -2.29. The fourth-order valence-electron chi connectivity index (χ4n) is 4.01. The van der Waals surface area contributed by atoms with E-state index in [1.165, 1.54) is 0 Å². The Morgan fingerprint density at radius 2 is 1.65 bits per heavy atom. The molecule has 0 saturated carbocycles. The van der Waals surface area contributed by atoms with E-state index in [0.29, 0.717) is 28.5 Å². The highest BCUT2D eigenvalue weighted by Crippen LogP contribution is 2.45. The molecule has 1 atom stereocenters. The Bertz CT molecular complexity index is 1220. The molecule has 2 heterocycles. The Morgan fingerprint density at radius 1 is 0.968 bits per heavy atom. The van der Waals surface area contributed by atoms with Crippen LogP contribution in [0.15, 0.2) is 78.9 Å². The van der Waals surface area contributed by atoms with E-state index in [2.05, 4.69) is 10.2 Å². The molecule has 0 fully saturated rings. The SMILES string of the molecule is Cl.O=C1c2[nH]nc(-c3ccccc3O)c2C(c2ccc(Cl)cc2)N1Cc1ccccc1. The molecule has 1 amide bonds. The number of carbonyl (C=O) groups is 1. The third-order valence-corrected chi connectivity index (χ3v) is 5.66. The summed E-state index contributed by atoms with van der Waals surface area (Å²) in [6, 6.07) is 24.0. The number of halogens is 2. The zero-order chi connectivity index (χ0) is 20.7. The van der Waals surface area contributed by atoms with Crippen molar-refractivity contribution in [3.63, 3.8) is 0 Å².